The van der Waals surface area contributed by atoms with E-state index in [0.29, 0.717) is 13.0 Å². The maximum Gasteiger partial charge on any atom is 0.277 e. The Kier molecular flexibility index (Phi) is 2.41. The lowest BCUT2D eigenvalue weighted by molar-refractivity contribution is 0.389. The number of fused-ring (bicyclic) bond motifs is 1. The molecule has 0 saturated carbocycles. The number of nitrogens with two attached hydrogens (primary N) is 1. The van der Waals surface area contributed by atoms with E-state index in [9.17, 15) is 13.5 Å². The highest BCUT2D eigenvalue weighted by molar-refractivity contribution is 7.86. The summed E-state index contributed by atoms with van der Waals surface area (Å²) in [6, 6.07) is 4.99. The van der Waals surface area contributed by atoms with E-state index < -0.39 is 10.2 Å². The van der Waals surface area contributed by atoms with Gasteiger partial charge in [-0.15, -0.1) is 0 Å². The lowest BCUT2D eigenvalue weighted by atomic mass is 10.0. The predicted molar refractivity (Wildman–Crippen MR) is 55.3 cm³/mol. The van der Waals surface area contributed by atoms with Crippen molar-refractivity contribution in [2.45, 2.75) is 13.0 Å². The molecule has 0 fully saturated rings. The van der Waals surface area contributed by atoms with Gasteiger partial charge in [0.15, 0.2) is 0 Å². The fourth-order valence-corrected chi connectivity index (χ4v) is 2.40. The van der Waals surface area contributed by atoms with Gasteiger partial charge < -0.3 is 5.11 Å². The molecule has 0 radical (unpaired) electrons. The minimum atomic E-state index is -3.63. The number of benzene rings is 1. The van der Waals surface area contributed by atoms with Crippen LogP contribution in [0.15, 0.2) is 18.2 Å². The number of nitrogens with zero attached hydrogens (tertiary/aromatic N) is 1. The van der Waals surface area contributed by atoms with Gasteiger partial charge in [-0.05, 0) is 29.7 Å². The molecule has 0 spiro atoms. The second-order valence-electron chi connectivity index (χ2n) is 3.58. The number of aromatic hydroxyl groups is 1. The standard InChI is InChI=1S/C9H12N2O3S/c10-15(13,14)11-4-3-7-1-2-9(12)5-8(7)6-11/h1-2,5,12H,3-4,6H2,(H2,10,13,14). The first-order valence-electron chi connectivity index (χ1n) is 4.55. The van der Waals surface area contributed by atoms with Crippen molar-refractivity contribution in [1.29, 1.82) is 0 Å². The van der Waals surface area contributed by atoms with Gasteiger partial charge in [0.05, 0.1) is 0 Å². The van der Waals surface area contributed by atoms with Crippen LogP contribution >= 0.6 is 0 Å². The van der Waals surface area contributed by atoms with Crippen LogP contribution in [0.4, 0.5) is 0 Å². The lowest BCUT2D eigenvalue weighted by Gasteiger charge is -2.26. The summed E-state index contributed by atoms with van der Waals surface area (Å²) in [5, 5.41) is 14.3. The van der Waals surface area contributed by atoms with E-state index in [1.807, 2.05) is 6.07 Å². The van der Waals surface area contributed by atoms with E-state index in [-0.39, 0.29) is 12.3 Å². The summed E-state index contributed by atoms with van der Waals surface area (Å²) >= 11 is 0. The van der Waals surface area contributed by atoms with Gasteiger partial charge >= 0.3 is 0 Å². The molecule has 0 unspecified atom stereocenters. The molecule has 1 aromatic rings. The van der Waals surface area contributed by atoms with Crippen molar-refractivity contribution >= 4 is 10.2 Å². The molecule has 3 N–H and O–H groups in total. The Morgan fingerprint density at radius 2 is 2.07 bits per heavy atom. The van der Waals surface area contributed by atoms with Crippen molar-refractivity contribution in [2.24, 2.45) is 5.14 Å². The monoisotopic (exact) mass is 228 g/mol. The van der Waals surface area contributed by atoms with Gasteiger partial charge in [0.2, 0.25) is 0 Å². The summed E-state index contributed by atoms with van der Waals surface area (Å²) in [4.78, 5) is 0. The number of hydrogen-bond donors (Lipinski definition) is 2. The summed E-state index contributed by atoms with van der Waals surface area (Å²) < 4.78 is 23.4. The molecule has 1 aromatic carbocycles. The molecule has 5 nitrogen and oxygen atoms in total. The first-order valence-corrected chi connectivity index (χ1v) is 6.06. The molecule has 6 heteroatoms. The normalized spacial score (nSPS) is 17.4. The van der Waals surface area contributed by atoms with Gasteiger partial charge in [0.1, 0.15) is 5.75 Å². The Bertz CT molecular complexity index is 484. The summed E-state index contributed by atoms with van der Waals surface area (Å²) in [7, 11) is -3.63. The Morgan fingerprint density at radius 1 is 1.33 bits per heavy atom. The number of hydrogen-bond acceptors (Lipinski definition) is 3. The fraction of sp³-hybridized carbons (Fsp3) is 0.333. The van der Waals surface area contributed by atoms with E-state index in [1.54, 1.807) is 12.1 Å². The summed E-state index contributed by atoms with van der Waals surface area (Å²) in [5.41, 5.74) is 1.88. The molecule has 1 aliphatic rings. The second kappa shape index (κ2) is 3.48. The molecule has 0 bridgehead atoms. The zero-order valence-corrected chi connectivity index (χ0v) is 8.87. The fourth-order valence-electron chi connectivity index (χ4n) is 1.73. The van der Waals surface area contributed by atoms with Crippen molar-refractivity contribution in [2.75, 3.05) is 6.54 Å². The zero-order chi connectivity index (χ0) is 11.1. The largest absolute Gasteiger partial charge is 0.508 e. The van der Waals surface area contributed by atoms with Crippen LogP contribution in [0.5, 0.6) is 5.75 Å². The Hall–Kier alpha value is -1.11. The Labute approximate surface area is 88.3 Å². The molecule has 0 amide bonds. The molecule has 82 valence electrons. The van der Waals surface area contributed by atoms with Crippen LogP contribution in [0.1, 0.15) is 11.1 Å². The highest BCUT2D eigenvalue weighted by Gasteiger charge is 2.23. The van der Waals surface area contributed by atoms with Crippen LogP contribution in [0, 0.1) is 0 Å². The molecule has 0 atom stereocenters. The molecule has 0 saturated heterocycles. The van der Waals surface area contributed by atoms with Gasteiger partial charge in [0.25, 0.3) is 10.2 Å². The zero-order valence-electron chi connectivity index (χ0n) is 8.05. The van der Waals surface area contributed by atoms with E-state index in [2.05, 4.69) is 0 Å². The van der Waals surface area contributed by atoms with Crippen molar-refractivity contribution < 1.29 is 13.5 Å². The first-order chi connectivity index (χ1) is 6.97. The lowest BCUT2D eigenvalue weighted by Crippen LogP contribution is -2.40. The van der Waals surface area contributed by atoms with E-state index >= 15 is 0 Å². The quantitative estimate of drug-likeness (QED) is 0.707. The minimum Gasteiger partial charge on any atom is -0.508 e. The van der Waals surface area contributed by atoms with Gasteiger partial charge in [0, 0.05) is 13.1 Å². The van der Waals surface area contributed by atoms with E-state index in [4.69, 9.17) is 5.14 Å². The van der Waals surface area contributed by atoms with Crippen LogP contribution in [0.25, 0.3) is 0 Å². The van der Waals surface area contributed by atoms with Gasteiger partial charge in [-0.2, -0.15) is 12.7 Å². The third kappa shape index (κ3) is 2.11. The van der Waals surface area contributed by atoms with Crippen LogP contribution in [-0.2, 0) is 23.2 Å². The average molecular weight is 228 g/mol. The smallest absolute Gasteiger partial charge is 0.277 e. The topological polar surface area (TPSA) is 83.6 Å². The molecule has 15 heavy (non-hydrogen) atoms. The number of rotatable bonds is 1. The van der Waals surface area contributed by atoms with Crippen LogP contribution < -0.4 is 5.14 Å². The second-order valence-corrected chi connectivity index (χ2v) is 5.13. The maximum absolute atomic E-state index is 11.1. The van der Waals surface area contributed by atoms with Crippen molar-refractivity contribution in [3.8, 4) is 5.75 Å². The molecule has 2 rings (SSSR count). The molecular weight excluding hydrogens is 216 g/mol. The van der Waals surface area contributed by atoms with Crippen LogP contribution in [0.2, 0.25) is 0 Å². The Balaban J connectivity index is 2.34. The van der Waals surface area contributed by atoms with E-state index in [1.165, 1.54) is 4.31 Å². The maximum atomic E-state index is 11.1. The summed E-state index contributed by atoms with van der Waals surface area (Å²) in [6.45, 7) is 0.638. The van der Waals surface area contributed by atoms with Crippen molar-refractivity contribution in [1.82, 2.24) is 4.31 Å². The summed E-state index contributed by atoms with van der Waals surface area (Å²) in [5.74, 6) is 0.144. The average Bonchev–Trinajstić information content (AvgIpc) is 2.15. The minimum absolute atomic E-state index is 0.144. The predicted octanol–water partition coefficient (Wildman–Crippen LogP) is -0.0462. The van der Waals surface area contributed by atoms with E-state index in [0.717, 1.165) is 11.1 Å². The number of phenolic OH excluding ortho intramolecular Hbond substituents is 1. The SMILES string of the molecule is NS(=O)(=O)N1CCc2ccc(O)cc2C1. The highest BCUT2D eigenvalue weighted by atomic mass is 32.2. The third-order valence-corrected chi connectivity index (χ3v) is 3.56. The van der Waals surface area contributed by atoms with Crippen molar-refractivity contribution in [3.63, 3.8) is 0 Å². The molecular formula is C9H12N2O3S. The van der Waals surface area contributed by atoms with Crippen molar-refractivity contribution in [3.05, 3.63) is 29.3 Å². The first kappa shape index (κ1) is 10.4. The highest BCUT2D eigenvalue weighted by Crippen LogP contribution is 2.23. The number of phenols is 1. The molecule has 1 heterocycles. The summed E-state index contributed by atoms with van der Waals surface area (Å²) in [6.07, 6.45) is 0.631. The molecule has 1 aliphatic heterocycles. The molecule has 0 aromatic heterocycles. The van der Waals surface area contributed by atoms with Gasteiger partial charge in [-0.25, -0.2) is 5.14 Å². The van der Waals surface area contributed by atoms with Gasteiger partial charge in [-0.3, -0.25) is 0 Å². The Morgan fingerprint density at radius 3 is 2.73 bits per heavy atom. The molecule has 0 aliphatic carbocycles. The van der Waals surface area contributed by atoms with Crippen LogP contribution in [-0.4, -0.2) is 24.4 Å². The third-order valence-electron chi connectivity index (χ3n) is 2.53. The van der Waals surface area contributed by atoms with Crippen LogP contribution in [0.3, 0.4) is 0 Å². The van der Waals surface area contributed by atoms with Gasteiger partial charge in [-0.1, -0.05) is 6.07 Å².